The van der Waals surface area contributed by atoms with Gasteiger partial charge < -0.3 is 10.4 Å². The highest BCUT2D eigenvalue weighted by atomic mass is 35.5. The molecule has 2 N–H and O–H groups in total. The predicted octanol–water partition coefficient (Wildman–Crippen LogP) is 7.08. The van der Waals surface area contributed by atoms with Crippen molar-refractivity contribution in [1.82, 2.24) is 4.98 Å². The average Bonchev–Trinajstić information content (AvgIpc) is 3.10. The maximum Gasteiger partial charge on any atom is 0.317 e. The van der Waals surface area contributed by atoms with E-state index in [0.717, 1.165) is 56.5 Å². The molecule has 7 heteroatoms. The van der Waals surface area contributed by atoms with Crippen molar-refractivity contribution in [3.8, 4) is 0 Å². The van der Waals surface area contributed by atoms with E-state index in [4.69, 9.17) is 11.6 Å². The second-order valence-corrected chi connectivity index (χ2v) is 9.86. The lowest BCUT2D eigenvalue weighted by Crippen LogP contribution is -2.15. The molecule has 0 aliphatic heterocycles. The Hall–Kier alpha value is -1.76. The van der Waals surface area contributed by atoms with Crippen LogP contribution in [0.4, 0.5) is 5.69 Å². The number of hydrogen-bond acceptors (Lipinski definition) is 5. The third-order valence-electron chi connectivity index (χ3n) is 4.59. The lowest BCUT2D eigenvalue weighted by atomic mass is 10.1. The van der Waals surface area contributed by atoms with Crippen molar-refractivity contribution < 1.29 is 9.90 Å². The number of benzene rings is 2. The molecule has 1 aromatic heterocycles. The van der Waals surface area contributed by atoms with E-state index < -0.39 is 11.2 Å². The molecule has 29 heavy (non-hydrogen) atoms. The zero-order valence-corrected chi connectivity index (χ0v) is 18.7. The van der Waals surface area contributed by atoms with Gasteiger partial charge in [-0.2, -0.15) is 0 Å². The molecule has 0 radical (unpaired) electrons. The second kappa shape index (κ2) is 10.9. The Morgan fingerprint density at radius 1 is 1.24 bits per heavy atom. The molecule has 3 aromatic rings. The molecule has 0 fully saturated rings. The molecule has 4 nitrogen and oxygen atoms in total. The number of unbranched alkanes of at least 4 members (excludes halogenated alkanes) is 3. The van der Waals surface area contributed by atoms with Crippen LogP contribution in [0, 0.1) is 0 Å². The lowest BCUT2D eigenvalue weighted by molar-refractivity contribution is -0.136. The van der Waals surface area contributed by atoms with E-state index in [2.05, 4.69) is 23.3 Å². The van der Waals surface area contributed by atoms with Crippen LogP contribution in [0.25, 0.3) is 10.2 Å². The van der Waals surface area contributed by atoms with E-state index in [9.17, 15) is 9.90 Å². The summed E-state index contributed by atoms with van der Waals surface area (Å²) in [6.45, 7) is 2.84. The van der Waals surface area contributed by atoms with Crippen LogP contribution in [0.3, 0.4) is 0 Å². The minimum atomic E-state index is -0.755. The zero-order chi connectivity index (χ0) is 20.6. The number of aromatic nitrogens is 1. The molecule has 1 atom stereocenters. The lowest BCUT2D eigenvalue weighted by Gasteiger charge is -2.09. The van der Waals surface area contributed by atoms with E-state index >= 15 is 0 Å². The molecule has 0 amide bonds. The maximum atomic E-state index is 11.6. The fourth-order valence-corrected chi connectivity index (χ4v) is 5.57. The van der Waals surface area contributed by atoms with Gasteiger partial charge in [0.15, 0.2) is 4.34 Å². The maximum absolute atomic E-state index is 11.6. The first-order chi connectivity index (χ1) is 14.0. The van der Waals surface area contributed by atoms with Crippen molar-refractivity contribution in [3.63, 3.8) is 0 Å². The number of halogens is 1. The van der Waals surface area contributed by atoms with Gasteiger partial charge in [-0.25, -0.2) is 4.98 Å². The van der Waals surface area contributed by atoms with Crippen LogP contribution >= 0.6 is 34.7 Å². The monoisotopic (exact) mass is 448 g/mol. The van der Waals surface area contributed by atoms with E-state index in [1.54, 1.807) is 11.3 Å². The van der Waals surface area contributed by atoms with Crippen molar-refractivity contribution in [2.24, 2.45) is 0 Å². The Morgan fingerprint density at radius 3 is 2.86 bits per heavy atom. The largest absolute Gasteiger partial charge is 0.480 e. The average molecular weight is 449 g/mol. The normalized spacial score (nSPS) is 12.2. The minimum absolute atomic E-state index is 0.437. The van der Waals surface area contributed by atoms with Crippen molar-refractivity contribution in [2.45, 2.75) is 55.2 Å². The summed E-state index contributed by atoms with van der Waals surface area (Å²) >= 11 is 8.96. The van der Waals surface area contributed by atoms with E-state index in [1.165, 1.54) is 11.8 Å². The van der Waals surface area contributed by atoms with Gasteiger partial charge in [0, 0.05) is 17.3 Å². The molecule has 0 bridgehead atoms. The standard InChI is InChI=1S/C22H25ClN2O2S2/c1-2-3-4-5-9-19(21(26)27)28-22-25-18-11-10-17(13-20(18)29-22)24-14-15-7-6-8-16(23)12-15/h6-8,10-13,19,24H,2-5,9,14H2,1H3,(H,26,27). The summed E-state index contributed by atoms with van der Waals surface area (Å²) in [6.07, 6.45) is 5.02. The number of nitrogens with zero attached hydrogens (tertiary/aromatic N) is 1. The number of fused-ring (bicyclic) bond motifs is 1. The first-order valence-electron chi connectivity index (χ1n) is 9.83. The van der Waals surface area contributed by atoms with Gasteiger partial charge in [-0.05, 0) is 42.3 Å². The summed E-state index contributed by atoms with van der Waals surface area (Å²) in [5.74, 6) is -0.755. The Bertz CT molecular complexity index is 961. The molecule has 1 heterocycles. The molecular weight excluding hydrogens is 424 g/mol. The van der Waals surface area contributed by atoms with Crippen LogP contribution in [0.1, 0.15) is 44.6 Å². The third-order valence-corrected chi connectivity index (χ3v) is 7.19. The number of aliphatic carboxylic acids is 1. The van der Waals surface area contributed by atoms with Gasteiger partial charge in [0.25, 0.3) is 0 Å². The van der Waals surface area contributed by atoms with Gasteiger partial charge >= 0.3 is 5.97 Å². The topological polar surface area (TPSA) is 62.2 Å². The smallest absolute Gasteiger partial charge is 0.317 e. The van der Waals surface area contributed by atoms with Gasteiger partial charge in [-0.15, -0.1) is 11.3 Å². The summed E-state index contributed by atoms with van der Waals surface area (Å²) in [7, 11) is 0. The zero-order valence-electron chi connectivity index (χ0n) is 16.4. The number of thiazole rings is 1. The quantitative estimate of drug-likeness (QED) is 0.242. The van der Waals surface area contributed by atoms with Crippen molar-refractivity contribution in [1.29, 1.82) is 0 Å². The predicted molar refractivity (Wildman–Crippen MR) is 124 cm³/mol. The molecule has 0 saturated carbocycles. The molecule has 0 aliphatic rings. The van der Waals surface area contributed by atoms with E-state index in [0.29, 0.717) is 13.0 Å². The third kappa shape index (κ3) is 6.63. The van der Waals surface area contributed by atoms with Crippen LogP contribution in [0.2, 0.25) is 5.02 Å². The Morgan fingerprint density at radius 2 is 2.10 bits per heavy atom. The number of thioether (sulfide) groups is 1. The molecule has 1 unspecified atom stereocenters. The van der Waals surface area contributed by atoms with Crippen LogP contribution in [-0.4, -0.2) is 21.3 Å². The van der Waals surface area contributed by atoms with Gasteiger partial charge in [0.1, 0.15) is 5.25 Å². The summed E-state index contributed by atoms with van der Waals surface area (Å²) in [6, 6.07) is 13.8. The second-order valence-electron chi connectivity index (χ2n) is 6.94. The van der Waals surface area contributed by atoms with Crippen molar-refractivity contribution >= 4 is 56.6 Å². The number of carbonyl (C=O) groups is 1. The summed E-state index contributed by atoms with van der Waals surface area (Å²) in [5, 5.41) is 13.2. The Labute approximate surface area is 184 Å². The summed E-state index contributed by atoms with van der Waals surface area (Å²) in [5.41, 5.74) is 3.03. The number of rotatable bonds is 11. The molecule has 154 valence electrons. The number of carboxylic acids is 1. The van der Waals surface area contributed by atoms with E-state index in [-0.39, 0.29) is 0 Å². The molecular formula is C22H25ClN2O2S2. The fourth-order valence-electron chi connectivity index (χ4n) is 3.03. The molecule has 0 aliphatic carbocycles. The molecule has 3 rings (SSSR count). The van der Waals surface area contributed by atoms with Gasteiger partial charge in [0.2, 0.25) is 0 Å². The number of anilines is 1. The van der Waals surface area contributed by atoms with Gasteiger partial charge in [0.05, 0.1) is 10.2 Å². The van der Waals surface area contributed by atoms with Crippen LogP contribution in [-0.2, 0) is 11.3 Å². The number of nitrogens with one attached hydrogen (secondary N) is 1. The number of hydrogen-bond donors (Lipinski definition) is 2. The Kier molecular flexibility index (Phi) is 8.21. The highest BCUT2D eigenvalue weighted by Gasteiger charge is 2.20. The highest BCUT2D eigenvalue weighted by Crippen LogP contribution is 2.35. The fraction of sp³-hybridized carbons (Fsp3) is 0.364. The van der Waals surface area contributed by atoms with E-state index in [1.807, 2.05) is 36.4 Å². The first kappa shape index (κ1) is 21.9. The van der Waals surface area contributed by atoms with Gasteiger partial charge in [-0.1, -0.05) is 68.1 Å². The number of carboxylic acid groups (broad SMARTS) is 1. The van der Waals surface area contributed by atoms with Crippen LogP contribution in [0.5, 0.6) is 0 Å². The minimum Gasteiger partial charge on any atom is -0.480 e. The van der Waals surface area contributed by atoms with Crippen molar-refractivity contribution in [2.75, 3.05) is 5.32 Å². The van der Waals surface area contributed by atoms with Crippen molar-refractivity contribution in [3.05, 3.63) is 53.1 Å². The summed E-state index contributed by atoms with van der Waals surface area (Å²) in [4.78, 5) is 16.2. The molecule has 2 aromatic carbocycles. The SMILES string of the molecule is CCCCCCC(Sc1nc2ccc(NCc3cccc(Cl)c3)cc2s1)C(=O)O. The Balaban J connectivity index is 1.63. The molecule has 0 saturated heterocycles. The van der Waals surface area contributed by atoms with Crippen LogP contribution < -0.4 is 5.32 Å². The van der Waals surface area contributed by atoms with Gasteiger partial charge in [-0.3, -0.25) is 4.79 Å². The highest BCUT2D eigenvalue weighted by molar-refractivity contribution is 8.02. The summed E-state index contributed by atoms with van der Waals surface area (Å²) < 4.78 is 1.87. The molecule has 0 spiro atoms. The first-order valence-corrected chi connectivity index (χ1v) is 11.9. The van der Waals surface area contributed by atoms with Crippen LogP contribution in [0.15, 0.2) is 46.8 Å².